The summed E-state index contributed by atoms with van der Waals surface area (Å²) in [5, 5.41) is 0.767. The maximum absolute atomic E-state index is 5.94. The second-order valence-electron chi connectivity index (χ2n) is 3.77. The highest BCUT2D eigenvalue weighted by Crippen LogP contribution is 2.21. The van der Waals surface area contributed by atoms with Gasteiger partial charge in [0.25, 0.3) is 0 Å². The molecule has 0 amide bonds. The van der Waals surface area contributed by atoms with Gasteiger partial charge in [0, 0.05) is 11.1 Å². The van der Waals surface area contributed by atoms with E-state index in [9.17, 15) is 0 Å². The number of hydrazine groups is 1. The molecule has 84 valence electrons. The Morgan fingerprint density at radius 1 is 1.40 bits per heavy atom. The van der Waals surface area contributed by atoms with Crippen molar-refractivity contribution in [3.8, 4) is 0 Å². The first-order chi connectivity index (χ1) is 7.27. The lowest BCUT2D eigenvalue weighted by Gasteiger charge is -2.16. The molecule has 0 heterocycles. The van der Waals surface area contributed by atoms with Crippen molar-refractivity contribution in [2.24, 2.45) is 5.84 Å². The van der Waals surface area contributed by atoms with Crippen LogP contribution < -0.4 is 11.3 Å². The molecule has 3 heteroatoms. The van der Waals surface area contributed by atoms with Crippen molar-refractivity contribution >= 4 is 11.6 Å². The average Bonchev–Trinajstić information content (AvgIpc) is 2.24. The van der Waals surface area contributed by atoms with Gasteiger partial charge in [0.15, 0.2) is 0 Å². The molecule has 0 aromatic heterocycles. The molecule has 0 aliphatic heterocycles. The number of halogens is 1. The fourth-order valence-electron chi connectivity index (χ4n) is 1.67. The number of nitrogens with two attached hydrogens (primary N) is 1. The summed E-state index contributed by atoms with van der Waals surface area (Å²) in [5.41, 5.74) is 4.01. The van der Waals surface area contributed by atoms with E-state index in [2.05, 4.69) is 18.4 Å². The lowest BCUT2D eigenvalue weighted by Crippen LogP contribution is -2.27. The number of hydrogen-bond donors (Lipinski definition) is 2. The molecule has 0 aliphatic rings. The molecule has 1 atom stereocenters. The predicted molar refractivity (Wildman–Crippen MR) is 65.7 cm³/mol. The third kappa shape index (κ3) is 4.20. The van der Waals surface area contributed by atoms with Crippen LogP contribution in [0, 0.1) is 0 Å². The maximum Gasteiger partial charge on any atom is 0.0460 e. The van der Waals surface area contributed by atoms with Gasteiger partial charge in [-0.2, -0.15) is 0 Å². The number of unbranched alkanes of at least 4 members (excludes halogenated alkanes) is 2. The molecule has 1 aromatic rings. The normalized spacial score (nSPS) is 12.7. The summed E-state index contributed by atoms with van der Waals surface area (Å²) in [6.45, 7) is 2.20. The fourth-order valence-corrected chi connectivity index (χ4v) is 1.87. The van der Waals surface area contributed by atoms with E-state index in [4.69, 9.17) is 17.4 Å². The van der Waals surface area contributed by atoms with Crippen molar-refractivity contribution in [3.05, 3.63) is 34.9 Å². The number of rotatable bonds is 6. The van der Waals surface area contributed by atoms with Gasteiger partial charge in [-0.3, -0.25) is 11.3 Å². The van der Waals surface area contributed by atoms with Crippen LogP contribution in [-0.4, -0.2) is 0 Å². The first-order valence-electron chi connectivity index (χ1n) is 5.49. The molecular weight excluding hydrogens is 208 g/mol. The van der Waals surface area contributed by atoms with Gasteiger partial charge in [0.05, 0.1) is 0 Å². The van der Waals surface area contributed by atoms with Crippen LogP contribution in [0.4, 0.5) is 0 Å². The van der Waals surface area contributed by atoms with Crippen LogP contribution in [0.5, 0.6) is 0 Å². The van der Waals surface area contributed by atoms with Crippen LogP contribution in [0.25, 0.3) is 0 Å². The Hall–Kier alpha value is -0.570. The van der Waals surface area contributed by atoms with Gasteiger partial charge in [0.1, 0.15) is 0 Å². The highest BCUT2D eigenvalue weighted by Gasteiger charge is 2.08. The van der Waals surface area contributed by atoms with Crippen LogP contribution >= 0.6 is 11.6 Å². The summed E-state index contributed by atoms with van der Waals surface area (Å²) >= 11 is 5.94. The molecule has 2 nitrogen and oxygen atoms in total. The van der Waals surface area contributed by atoms with Gasteiger partial charge in [-0.15, -0.1) is 0 Å². The van der Waals surface area contributed by atoms with Gasteiger partial charge in [-0.05, 0) is 24.1 Å². The van der Waals surface area contributed by atoms with Crippen LogP contribution in [0.1, 0.15) is 44.2 Å². The SMILES string of the molecule is CCCCCC(NN)c1cccc(Cl)c1. The fraction of sp³-hybridized carbons (Fsp3) is 0.500. The molecule has 0 spiro atoms. The minimum atomic E-state index is 0.218. The minimum Gasteiger partial charge on any atom is -0.271 e. The molecule has 3 N–H and O–H groups in total. The Bertz CT molecular complexity index is 289. The number of benzene rings is 1. The van der Waals surface area contributed by atoms with Crippen LogP contribution in [0.2, 0.25) is 5.02 Å². The molecule has 0 fully saturated rings. The zero-order chi connectivity index (χ0) is 11.1. The van der Waals surface area contributed by atoms with Crippen molar-refractivity contribution in [1.29, 1.82) is 0 Å². The van der Waals surface area contributed by atoms with Crippen molar-refractivity contribution in [1.82, 2.24) is 5.43 Å². The third-order valence-corrected chi connectivity index (χ3v) is 2.78. The quantitative estimate of drug-likeness (QED) is 0.443. The van der Waals surface area contributed by atoms with Crippen LogP contribution in [0.3, 0.4) is 0 Å². The van der Waals surface area contributed by atoms with Crippen molar-refractivity contribution < 1.29 is 0 Å². The van der Waals surface area contributed by atoms with E-state index >= 15 is 0 Å². The molecule has 0 saturated carbocycles. The van der Waals surface area contributed by atoms with E-state index in [-0.39, 0.29) is 6.04 Å². The van der Waals surface area contributed by atoms with E-state index in [1.807, 2.05) is 18.2 Å². The lowest BCUT2D eigenvalue weighted by atomic mass is 10.0. The summed E-state index contributed by atoms with van der Waals surface area (Å²) in [6, 6.07) is 8.09. The molecule has 1 unspecified atom stereocenters. The summed E-state index contributed by atoms with van der Waals surface area (Å²) in [7, 11) is 0. The second-order valence-corrected chi connectivity index (χ2v) is 4.21. The standard InChI is InChI=1S/C12H19ClN2/c1-2-3-4-8-12(15-14)10-6-5-7-11(13)9-10/h5-7,9,12,15H,2-4,8,14H2,1H3. The van der Waals surface area contributed by atoms with Crippen molar-refractivity contribution in [3.63, 3.8) is 0 Å². The summed E-state index contributed by atoms with van der Waals surface area (Å²) in [5.74, 6) is 5.54. The van der Waals surface area contributed by atoms with Gasteiger partial charge in [0.2, 0.25) is 0 Å². The topological polar surface area (TPSA) is 38.0 Å². The van der Waals surface area contributed by atoms with E-state index < -0.39 is 0 Å². The molecule has 15 heavy (non-hydrogen) atoms. The highest BCUT2D eigenvalue weighted by molar-refractivity contribution is 6.30. The van der Waals surface area contributed by atoms with Crippen LogP contribution in [-0.2, 0) is 0 Å². The predicted octanol–water partition coefficient (Wildman–Crippen LogP) is 3.42. The minimum absolute atomic E-state index is 0.218. The molecule has 0 saturated heterocycles. The van der Waals surface area contributed by atoms with E-state index in [1.54, 1.807) is 0 Å². The Balaban J connectivity index is 2.57. The highest BCUT2D eigenvalue weighted by atomic mass is 35.5. The molecule has 1 rings (SSSR count). The number of hydrogen-bond acceptors (Lipinski definition) is 2. The van der Waals surface area contributed by atoms with E-state index in [0.717, 1.165) is 11.4 Å². The van der Waals surface area contributed by atoms with Gasteiger partial charge in [-0.25, -0.2) is 0 Å². The van der Waals surface area contributed by atoms with Crippen molar-refractivity contribution in [2.45, 2.75) is 38.6 Å². The summed E-state index contributed by atoms with van der Waals surface area (Å²) in [4.78, 5) is 0. The Kier molecular flexibility index (Phi) is 5.69. The average molecular weight is 227 g/mol. The zero-order valence-corrected chi connectivity index (χ0v) is 9.93. The smallest absolute Gasteiger partial charge is 0.0460 e. The summed E-state index contributed by atoms with van der Waals surface area (Å²) < 4.78 is 0. The monoisotopic (exact) mass is 226 g/mol. The van der Waals surface area contributed by atoms with Gasteiger partial charge < -0.3 is 0 Å². The molecule has 0 aliphatic carbocycles. The first kappa shape index (κ1) is 12.5. The second kappa shape index (κ2) is 6.83. The Morgan fingerprint density at radius 3 is 2.80 bits per heavy atom. The summed E-state index contributed by atoms with van der Waals surface area (Å²) in [6.07, 6.45) is 4.73. The van der Waals surface area contributed by atoms with Crippen molar-refractivity contribution in [2.75, 3.05) is 0 Å². The largest absolute Gasteiger partial charge is 0.271 e. The van der Waals surface area contributed by atoms with E-state index in [1.165, 1.54) is 24.8 Å². The first-order valence-corrected chi connectivity index (χ1v) is 5.87. The van der Waals surface area contributed by atoms with E-state index in [0.29, 0.717) is 0 Å². The lowest BCUT2D eigenvalue weighted by molar-refractivity contribution is 0.487. The Labute approximate surface area is 96.8 Å². The molecule has 1 aromatic carbocycles. The van der Waals surface area contributed by atoms with Crippen LogP contribution in [0.15, 0.2) is 24.3 Å². The van der Waals surface area contributed by atoms with Gasteiger partial charge >= 0.3 is 0 Å². The maximum atomic E-state index is 5.94. The third-order valence-electron chi connectivity index (χ3n) is 2.55. The zero-order valence-electron chi connectivity index (χ0n) is 9.17. The number of nitrogens with one attached hydrogen (secondary N) is 1. The molecule has 0 bridgehead atoms. The molecular formula is C12H19ClN2. The van der Waals surface area contributed by atoms with Gasteiger partial charge in [-0.1, -0.05) is 49.9 Å². The molecule has 0 radical (unpaired) electrons. The Morgan fingerprint density at radius 2 is 2.20 bits per heavy atom.